The molecule has 0 aliphatic heterocycles. The van der Waals surface area contributed by atoms with Gasteiger partial charge in [0.2, 0.25) is 10.0 Å². The number of pyridine rings is 1. The largest absolute Gasteiger partial charge is 0.481 e. The van der Waals surface area contributed by atoms with Gasteiger partial charge in [-0.15, -0.1) is 11.3 Å². The van der Waals surface area contributed by atoms with E-state index >= 15 is 0 Å². The Morgan fingerprint density at radius 2 is 1.95 bits per heavy atom. The molecule has 6 nitrogen and oxygen atoms in total. The Morgan fingerprint density at radius 1 is 1.25 bits per heavy atom. The molecule has 2 N–H and O–H groups in total. The number of aromatic nitrogens is 1. The van der Waals surface area contributed by atoms with Gasteiger partial charge in [-0.2, -0.15) is 0 Å². The van der Waals surface area contributed by atoms with Crippen molar-refractivity contribution in [1.29, 1.82) is 0 Å². The van der Waals surface area contributed by atoms with E-state index in [2.05, 4.69) is 9.71 Å². The third kappa shape index (κ3) is 3.86. The van der Waals surface area contributed by atoms with E-state index in [1.165, 1.54) is 12.1 Å². The third-order valence-corrected chi connectivity index (χ3v) is 5.42. The standard InChI is InChI=1S/C12H12N2O4S2/c15-11(16)7-10-1-2-12(19-10)20(17,18)14-8-9-3-5-13-6-4-9/h1-6,14H,7-8H2,(H,15,16). The molecule has 0 saturated heterocycles. The second-order valence-corrected chi connectivity index (χ2v) is 7.13. The van der Waals surface area contributed by atoms with Crippen molar-refractivity contribution in [3.8, 4) is 0 Å². The van der Waals surface area contributed by atoms with E-state index in [0.717, 1.165) is 16.9 Å². The number of carboxylic acid groups (broad SMARTS) is 1. The fourth-order valence-electron chi connectivity index (χ4n) is 1.50. The van der Waals surface area contributed by atoms with Crippen molar-refractivity contribution < 1.29 is 18.3 Å². The second kappa shape index (κ2) is 6.12. The van der Waals surface area contributed by atoms with E-state index < -0.39 is 16.0 Å². The van der Waals surface area contributed by atoms with Gasteiger partial charge < -0.3 is 5.11 Å². The normalized spacial score (nSPS) is 11.4. The minimum absolute atomic E-state index is 0.114. The van der Waals surface area contributed by atoms with Crippen molar-refractivity contribution in [2.75, 3.05) is 0 Å². The van der Waals surface area contributed by atoms with E-state index in [0.29, 0.717) is 4.88 Å². The molecule has 0 atom stereocenters. The summed E-state index contributed by atoms with van der Waals surface area (Å²) < 4.78 is 26.7. The number of hydrogen-bond donors (Lipinski definition) is 2. The van der Waals surface area contributed by atoms with Crippen LogP contribution in [0, 0.1) is 0 Å². The first-order valence-corrected chi connectivity index (χ1v) is 7.96. The van der Waals surface area contributed by atoms with Crippen LogP contribution in [0.5, 0.6) is 0 Å². The van der Waals surface area contributed by atoms with Crippen LogP contribution >= 0.6 is 11.3 Å². The highest BCUT2D eigenvalue weighted by molar-refractivity contribution is 7.91. The smallest absolute Gasteiger partial charge is 0.308 e. The Hall–Kier alpha value is -1.77. The average Bonchev–Trinajstić information content (AvgIpc) is 2.86. The number of rotatable bonds is 6. The molecule has 0 bridgehead atoms. The molecule has 106 valence electrons. The number of aliphatic carboxylic acids is 1. The Kier molecular flexibility index (Phi) is 4.48. The van der Waals surface area contributed by atoms with Crippen molar-refractivity contribution in [2.24, 2.45) is 0 Å². The lowest BCUT2D eigenvalue weighted by molar-refractivity contribution is -0.136. The number of hydrogen-bond acceptors (Lipinski definition) is 5. The topological polar surface area (TPSA) is 96.4 Å². The average molecular weight is 312 g/mol. The lowest BCUT2D eigenvalue weighted by atomic mass is 10.3. The van der Waals surface area contributed by atoms with Crippen LogP contribution in [-0.2, 0) is 27.8 Å². The highest BCUT2D eigenvalue weighted by Gasteiger charge is 2.17. The van der Waals surface area contributed by atoms with Crippen LogP contribution in [0.4, 0.5) is 0 Å². The maximum atomic E-state index is 12.0. The summed E-state index contributed by atoms with van der Waals surface area (Å²) in [5.74, 6) is -0.986. The summed E-state index contributed by atoms with van der Waals surface area (Å²) in [6.45, 7) is 0.164. The summed E-state index contributed by atoms with van der Waals surface area (Å²) in [5.41, 5.74) is 0.797. The Balaban J connectivity index is 2.06. The summed E-state index contributed by atoms with van der Waals surface area (Å²) in [7, 11) is -3.62. The molecule has 2 aromatic heterocycles. The Labute approximate surface area is 120 Å². The van der Waals surface area contributed by atoms with Gasteiger partial charge in [0, 0.05) is 23.8 Å². The minimum Gasteiger partial charge on any atom is -0.481 e. The molecule has 0 fully saturated rings. The number of sulfonamides is 1. The van der Waals surface area contributed by atoms with Crippen molar-refractivity contribution in [2.45, 2.75) is 17.2 Å². The maximum Gasteiger partial charge on any atom is 0.308 e. The zero-order chi connectivity index (χ0) is 14.6. The number of carbonyl (C=O) groups is 1. The highest BCUT2D eigenvalue weighted by Crippen LogP contribution is 2.22. The number of nitrogens with zero attached hydrogens (tertiary/aromatic N) is 1. The molecule has 0 saturated carbocycles. The SMILES string of the molecule is O=C(O)Cc1ccc(S(=O)(=O)NCc2ccncc2)s1. The molecule has 0 amide bonds. The van der Waals surface area contributed by atoms with Crippen molar-refractivity contribution in [3.63, 3.8) is 0 Å². The molecule has 0 spiro atoms. The molecule has 0 aromatic carbocycles. The van der Waals surface area contributed by atoms with Crippen LogP contribution in [0.1, 0.15) is 10.4 Å². The lowest BCUT2D eigenvalue weighted by Crippen LogP contribution is -2.22. The highest BCUT2D eigenvalue weighted by atomic mass is 32.2. The van der Waals surface area contributed by atoms with Crippen LogP contribution in [0.15, 0.2) is 40.9 Å². The molecule has 2 rings (SSSR count). The van der Waals surface area contributed by atoms with Crippen LogP contribution < -0.4 is 4.72 Å². The summed E-state index contributed by atoms with van der Waals surface area (Å²) >= 11 is 0.960. The van der Waals surface area contributed by atoms with Gasteiger partial charge in [-0.25, -0.2) is 13.1 Å². The number of nitrogens with one attached hydrogen (secondary N) is 1. The molecule has 0 unspecified atom stereocenters. The summed E-state index contributed by atoms with van der Waals surface area (Å²) in [6.07, 6.45) is 2.99. The predicted octanol–water partition coefficient (Wildman–Crippen LogP) is 1.25. The number of carboxylic acids is 1. The molecule has 0 aliphatic carbocycles. The van der Waals surface area contributed by atoms with E-state index in [1.54, 1.807) is 24.5 Å². The Morgan fingerprint density at radius 3 is 2.60 bits per heavy atom. The molecule has 2 aromatic rings. The van der Waals surface area contributed by atoms with Gasteiger partial charge in [0.25, 0.3) is 0 Å². The summed E-state index contributed by atoms with van der Waals surface area (Å²) in [5, 5.41) is 8.67. The van der Waals surface area contributed by atoms with E-state index in [4.69, 9.17) is 5.11 Å². The molecule has 8 heteroatoms. The van der Waals surface area contributed by atoms with Gasteiger partial charge in [-0.3, -0.25) is 9.78 Å². The maximum absolute atomic E-state index is 12.0. The van der Waals surface area contributed by atoms with E-state index in [-0.39, 0.29) is 17.2 Å². The van der Waals surface area contributed by atoms with Crippen molar-refractivity contribution in [3.05, 3.63) is 47.1 Å². The molecule has 2 heterocycles. The fraction of sp³-hybridized carbons (Fsp3) is 0.167. The van der Waals surface area contributed by atoms with Crippen molar-refractivity contribution >= 4 is 27.3 Å². The third-order valence-electron chi connectivity index (χ3n) is 2.44. The van der Waals surface area contributed by atoms with Gasteiger partial charge in [0.1, 0.15) is 4.21 Å². The minimum atomic E-state index is -3.62. The molecular weight excluding hydrogens is 300 g/mol. The predicted molar refractivity (Wildman–Crippen MR) is 73.9 cm³/mol. The zero-order valence-corrected chi connectivity index (χ0v) is 11.9. The van der Waals surface area contributed by atoms with Crippen LogP contribution in [-0.4, -0.2) is 24.5 Å². The van der Waals surface area contributed by atoms with Gasteiger partial charge in [-0.05, 0) is 29.8 Å². The van der Waals surface area contributed by atoms with Crippen LogP contribution in [0.25, 0.3) is 0 Å². The Bertz CT molecular complexity index is 695. The quantitative estimate of drug-likeness (QED) is 0.837. The summed E-state index contributed by atoms with van der Waals surface area (Å²) in [6, 6.07) is 6.36. The number of thiophene rings is 1. The van der Waals surface area contributed by atoms with Crippen LogP contribution in [0.3, 0.4) is 0 Å². The zero-order valence-electron chi connectivity index (χ0n) is 10.3. The lowest BCUT2D eigenvalue weighted by Gasteiger charge is -2.04. The van der Waals surface area contributed by atoms with E-state index in [9.17, 15) is 13.2 Å². The first-order valence-electron chi connectivity index (χ1n) is 5.66. The van der Waals surface area contributed by atoms with Gasteiger partial charge in [-0.1, -0.05) is 0 Å². The molecular formula is C12H12N2O4S2. The fourth-order valence-corrected chi connectivity index (χ4v) is 3.91. The van der Waals surface area contributed by atoms with Crippen molar-refractivity contribution in [1.82, 2.24) is 9.71 Å². The molecule has 0 aliphatic rings. The first-order chi connectivity index (χ1) is 9.47. The second-order valence-electron chi connectivity index (χ2n) is 3.97. The molecule has 0 radical (unpaired) electrons. The monoisotopic (exact) mass is 312 g/mol. The summed E-state index contributed by atoms with van der Waals surface area (Å²) in [4.78, 5) is 14.9. The van der Waals surface area contributed by atoms with Gasteiger partial charge in [0.15, 0.2) is 0 Å². The van der Waals surface area contributed by atoms with Crippen LogP contribution in [0.2, 0.25) is 0 Å². The molecule has 20 heavy (non-hydrogen) atoms. The van der Waals surface area contributed by atoms with E-state index in [1.807, 2.05) is 0 Å². The first kappa shape index (κ1) is 14.6. The van der Waals surface area contributed by atoms with Gasteiger partial charge >= 0.3 is 5.97 Å². The van der Waals surface area contributed by atoms with Gasteiger partial charge in [0.05, 0.1) is 6.42 Å².